The summed E-state index contributed by atoms with van der Waals surface area (Å²) < 4.78 is 10.5. The smallest absolute Gasteiger partial charge is 0.337 e. The zero-order chi connectivity index (χ0) is 20.1. The second kappa shape index (κ2) is 9.30. The van der Waals surface area contributed by atoms with E-state index < -0.39 is 24.4 Å². The highest BCUT2D eigenvalue weighted by molar-refractivity contribution is 5.89. The molecule has 2 aromatic carbocycles. The highest BCUT2D eigenvalue weighted by Crippen LogP contribution is 2.32. The van der Waals surface area contributed by atoms with Gasteiger partial charge in [0.15, 0.2) is 0 Å². The molecule has 3 rings (SSSR count). The SMILES string of the molecule is COC(=O)c1cccc(CCc2cccc([C@H]3O[C@H](CO)C[C@H](O)[C@@H]3O)c2)c1. The van der Waals surface area contributed by atoms with Crippen LogP contribution in [0.25, 0.3) is 0 Å². The third-order valence-electron chi connectivity index (χ3n) is 5.08. The molecule has 1 saturated heterocycles. The van der Waals surface area contributed by atoms with E-state index in [2.05, 4.69) is 0 Å². The Hall–Kier alpha value is -2.25. The summed E-state index contributed by atoms with van der Waals surface area (Å²) in [5.74, 6) is -0.357. The van der Waals surface area contributed by atoms with Crippen molar-refractivity contribution >= 4 is 5.97 Å². The number of hydrogen-bond acceptors (Lipinski definition) is 6. The van der Waals surface area contributed by atoms with Crippen molar-refractivity contribution in [2.24, 2.45) is 0 Å². The number of methoxy groups -OCH3 is 1. The van der Waals surface area contributed by atoms with Crippen LogP contribution in [-0.2, 0) is 22.3 Å². The maximum atomic E-state index is 11.7. The minimum Gasteiger partial charge on any atom is -0.465 e. The molecule has 0 aliphatic carbocycles. The number of aryl methyl sites for hydroxylation is 2. The van der Waals surface area contributed by atoms with Gasteiger partial charge in [-0.25, -0.2) is 4.79 Å². The molecule has 1 fully saturated rings. The summed E-state index contributed by atoms with van der Waals surface area (Å²) >= 11 is 0. The van der Waals surface area contributed by atoms with Crippen molar-refractivity contribution in [3.8, 4) is 0 Å². The monoisotopic (exact) mass is 386 g/mol. The number of benzene rings is 2. The molecule has 0 amide bonds. The van der Waals surface area contributed by atoms with Gasteiger partial charge in [-0.15, -0.1) is 0 Å². The first-order chi connectivity index (χ1) is 13.5. The standard InChI is InChI=1S/C22H26O6/c1-27-22(26)17-7-3-5-15(11-17)9-8-14-4-2-6-16(10-14)21-20(25)19(24)12-18(13-23)28-21/h2-7,10-11,18-21,23-25H,8-9,12-13H2,1H3/t18-,19-,20-,21+/m0/s1. The first kappa shape index (κ1) is 20.5. The van der Waals surface area contributed by atoms with Crippen molar-refractivity contribution in [1.82, 2.24) is 0 Å². The molecule has 3 N–H and O–H groups in total. The van der Waals surface area contributed by atoms with Crippen LogP contribution in [0.5, 0.6) is 0 Å². The molecule has 1 aliphatic rings. The van der Waals surface area contributed by atoms with Gasteiger partial charge < -0.3 is 24.8 Å². The van der Waals surface area contributed by atoms with E-state index in [4.69, 9.17) is 9.47 Å². The van der Waals surface area contributed by atoms with Gasteiger partial charge in [0.25, 0.3) is 0 Å². The normalized spacial score (nSPS) is 24.7. The molecular weight excluding hydrogens is 360 g/mol. The summed E-state index contributed by atoms with van der Waals surface area (Å²) in [5.41, 5.74) is 3.37. The second-order valence-corrected chi connectivity index (χ2v) is 7.09. The lowest BCUT2D eigenvalue weighted by Crippen LogP contribution is -2.44. The molecule has 0 spiro atoms. The molecule has 6 heteroatoms. The largest absolute Gasteiger partial charge is 0.465 e. The van der Waals surface area contributed by atoms with Gasteiger partial charge in [-0.2, -0.15) is 0 Å². The minimum atomic E-state index is -1.03. The van der Waals surface area contributed by atoms with Gasteiger partial charge in [0.05, 0.1) is 31.5 Å². The summed E-state index contributed by atoms with van der Waals surface area (Å²) in [5, 5.41) is 29.7. The molecule has 1 heterocycles. The molecule has 4 atom stereocenters. The predicted molar refractivity (Wildman–Crippen MR) is 103 cm³/mol. The molecular formula is C22H26O6. The number of carbonyl (C=O) groups excluding carboxylic acids is 1. The summed E-state index contributed by atoms with van der Waals surface area (Å²) in [6, 6.07) is 15.0. The summed E-state index contributed by atoms with van der Waals surface area (Å²) in [7, 11) is 1.36. The van der Waals surface area contributed by atoms with Crippen LogP contribution in [0.15, 0.2) is 48.5 Å². The highest BCUT2D eigenvalue weighted by atomic mass is 16.5. The van der Waals surface area contributed by atoms with Crippen LogP contribution in [0, 0.1) is 0 Å². The highest BCUT2D eigenvalue weighted by Gasteiger charge is 2.37. The van der Waals surface area contributed by atoms with Crippen LogP contribution >= 0.6 is 0 Å². The third kappa shape index (κ3) is 4.77. The lowest BCUT2D eigenvalue weighted by molar-refractivity contribution is -0.179. The van der Waals surface area contributed by atoms with Crippen molar-refractivity contribution in [1.29, 1.82) is 0 Å². The van der Waals surface area contributed by atoms with Crippen LogP contribution in [-0.4, -0.2) is 53.3 Å². The zero-order valence-corrected chi connectivity index (χ0v) is 15.8. The number of aliphatic hydroxyl groups excluding tert-OH is 3. The zero-order valence-electron chi connectivity index (χ0n) is 15.8. The van der Waals surface area contributed by atoms with E-state index in [1.165, 1.54) is 7.11 Å². The first-order valence-corrected chi connectivity index (χ1v) is 9.40. The Morgan fingerprint density at radius 2 is 1.79 bits per heavy atom. The molecule has 0 radical (unpaired) electrons. The Bertz CT molecular complexity index is 805. The number of ether oxygens (including phenoxy) is 2. The number of aliphatic hydroxyl groups is 3. The third-order valence-corrected chi connectivity index (χ3v) is 5.08. The van der Waals surface area contributed by atoms with E-state index in [1.54, 1.807) is 6.07 Å². The Labute approximate surface area is 164 Å². The quantitative estimate of drug-likeness (QED) is 0.655. The van der Waals surface area contributed by atoms with E-state index in [0.29, 0.717) is 5.56 Å². The van der Waals surface area contributed by atoms with Gasteiger partial charge in [0.1, 0.15) is 12.2 Å². The van der Waals surface area contributed by atoms with Gasteiger partial charge in [0.2, 0.25) is 0 Å². The maximum absolute atomic E-state index is 11.7. The first-order valence-electron chi connectivity index (χ1n) is 9.40. The van der Waals surface area contributed by atoms with Gasteiger partial charge in [0, 0.05) is 6.42 Å². The van der Waals surface area contributed by atoms with Crippen molar-refractivity contribution in [2.75, 3.05) is 13.7 Å². The Morgan fingerprint density at radius 3 is 2.46 bits per heavy atom. The predicted octanol–water partition coefficient (Wildman–Crippen LogP) is 1.80. The number of hydrogen-bond donors (Lipinski definition) is 3. The van der Waals surface area contributed by atoms with Crippen LogP contribution in [0.4, 0.5) is 0 Å². The van der Waals surface area contributed by atoms with Crippen LogP contribution in [0.1, 0.15) is 39.6 Å². The van der Waals surface area contributed by atoms with E-state index in [-0.39, 0.29) is 19.0 Å². The molecule has 0 unspecified atom stereocenters. The Kier molecular flexibility index (Phi) is 6.80. The van der Waals surface area contributed by atoms with Gasteiger partial charge in [-0.05, 0) is 41.7 Å². The fraction of sp³-hybridized carbons (Fsp3) is 0.409. The molecule has 2 aromatic rings. The average Bonchev–Trinajstić information content (AvgIpc) is 2.73. The molecule has 0 aromatic heterocycles. The maximum Gasteiger partial charge on any atom is 0.337 e. The van der Waals surface area contributed by atoms with Gasteiger partial charge >= 0.3 is 5.97 Å². The van der Waals surface area contributed by atoms with E-state index in [9.17, 15) is 20.1 Å². The van der Waals surface area contributed by atoms with Crippen molar-refractivity contribution in [2.45, 2.75) is 43.7 Å². The van der Waals surface area contributed by atoms with E-state index >= 15 is 0 Å². The molecule has 6 nitrogen and oxygen atoms in total. The molecule has 0 saturated carbocycles. The molecule has 0 bridgehead atoms. The lowest BCUT2D eigenvalue weighted by atomic mass is 9.92. The molecule has 28 heavy (non-hydrogen) atoms. The van der Waals surface area contributed by atoms with Crippen LogP contribution < -0.4 is 0 Å². The van der Waals surface area contributed by atoms with Crippen molar-refractivity contribution in [3.05, 3.63) is 70.8 Å². The minimum absolute atomic E-state index is 0.198. The summed E-state index contributed by atoms with van der Waals surface area (Å²) in [6.45, 7) is -0.198. The Balaban J connectivity index is 1.71. The van der Waals surface area contributed by atoms with Gasteiger partial charge in [-0.3, -0.25) is 0 Å². The van der Waals surface area contributed by atoms with E-state index in [0.717, 1.165) is 29.5 Å². The number of carbonyl (C=O) groups is 1. The number of rotatable bonds is 6. The topological polar surface area (TPSA) is 96.2 Å². The fourth-order valence-electron chi connectivity index (χ4n) is 3.53. The van der Waals surface area contributed by atoms with Crippen LogP contribution in [0.3, 0.4) is 0 Å². The lowest BCUT2D eigenvalue weighted by Gasteiger charge is -2.37. The van der Waals surface area contributed by atoms with Crippen molar-refractivity contribution < 1.29 is 29.6 Å². The second-order valence-electron chi connectivity index (χ2n) is 7.09. The fourth-order valence-corrected chi connectivity index (χ4v) is 3.53. The summed E-state index contributed by atoms with van der Waals surface area (Å²) in [6.07, 6.45) is -1.44. The number of esters is 1. The summed E-state index contributed by atoms with van der Waals surface area (Å²) in [4.78, 5) is 11.7. The van der Waals surface area contributed by atoms with E-state index in [1.807, 2.05) is 42.5 Å². The average molecular weight is 386 g/mol. The van der Waals surface area contributed by atoms with Crippen LogP contribution in [0.2, 0.25) is 0 Å². The Morgan fingerprint density at radius 1 is 1.11 bits per heavy atom. The molecule has 1 aliphatic heterocycles. The van der Waals surface area contributed by atoms with Crippen molar-refractivity contribution in [3.63, 3.8) is 0 Å². The molecule has 150 valence electrons. The van der Waals surface area contributed by atoms with Gasteiger partial charge in [-0.1, -0.05) is 36.4 Å².